The lowest BCUT2D eigenvalue weighted by molar-refractivity contribution is 0.0695. The number of nitrogens with zero attached hydrogens (tertiary/aromatic N) is 1. The molecule has 1 aromatic heterocycles. The van der Waals surface area contributed by atoms with E-state index in [2.05, 4.69) is 25.6 Å². The molecule has 21 heavy (non-hydrogen) atoms. The Morgan fingerprint density at radius 1 is 1.29 bits per heavy atom. The SMILES string of the molecule is O=C(O)c1cc(S(=O)(=O)Nc2ccc(Br)nc2)ccc1I. The molecule has 0 bridgehead atoms. The largest absolute Gasteiger partial charge is 0.478 e. The maximum absolute atomic E-state index is 12.2. The Hall–Kier alpha value is -1.20. The number of carbonyl (C=O) groups is 1. The smallest absolute Gasteiger partial charge is 0.336 e. The Labute approximate surface area is 142 Å². The molecule has 0 aliphatic rings. The first-order chi connectivity index (χ1) is 9.79. The van der Waals surface area contributed by atoms with Crippen LogP contribution in [0, 0.1) is 3.57 Å². The average Bonchev–Trinajstić information content (AvgIpc) is 2.41. The molecule has 0 atom stereocenters. The molecular weight excluding hydrogens is 475 g/mol. The highest BCUT2D eigenvalue weighted by Gasteiger charge is 2.18. The number of nitrogens with one attached hydrogen (secondary N) is 1. The Balaban J connectivity index is 2.38. The van der Waals surface area contributed by atoms with E-state index in [0.29, 0.717) is 8.17 Å². The zero-order valence-electron chi connectivity index (χ0n) is 10.2. The van der Waals surface area contributed by atoms with Crippen LogP contribution in [0.5, 0.6) is 0 Å². The van der Waals surface area contributed by atoms with Crippen molar-refractivity contribution in [1.29, 1.82) is 0 Å². The zero-order valence-corrected chi connectivity index (χ0v) is 14.8. The van der Waals surface area contributed by atoms with Crippen LogP contribution in [0.3, 0.4) is 0 Å². The number of sulfonamides is 1. The number of carboxylic acid groups (broad SMARTS) is 1. The summed E-state index contributed by atoms with van der Waals surface area (Å²) in [7, 11) is -3.87. The third kappa shape index (κ3) is 3.92. The van der Waals surface area contributed by atoms with Crippen molar-refractivity contribution >= 4 is 60.2 Å². The number of anilines is 1. The van der Waals surface area contributed by atoms with Crippen LogP contribution in [0.4, 0.5) is 5.69 Å². The first-order valence-corrected chi connectivity index (χ1v) is 8.82. The van der Waals surface area contributed by atoms with E-state index >= 15 is 0 Å². The van der Waals surface area contributed by atoms with Crippen molar-refractivity contribution in [2.75, 3.05) is 4.72 Å². The van der Waals surface area contributed by atoms with Crippen LogP contribution in [0.25, 0.3) is 0 Å². The van der Waals surface area contributed by atoms with Crippen molar-refractivity contribution in [2.24, 2.45) is 0 Å². The summed E-state index contributed by atoms with van der Waals surface area (Å²) < 4.78 is 27.8. The van der Waals surface area contributed by atoms with Crippen molar-refractivity contribution in [3.8, 4) is 0 Å². The molecule has 0 amide bonds. The lowest BCUT2D eigenvalue weighted by Crippen LogP contribution is -2.14. The second kappa shape index (κ2) is 6.28. The number of aromatic nitrogens is 1. The summed E-state index contributed by atoms with van der Waals surface area (Å²) in [4.78, 5) is 14.9. The predicted molar refractivity (Wildman–Crippen MR) is 88.9 cm³/mol. The molecule has 2 N–H and O–H groups in total. The van der Waals surface area contributed by atoms with Gasteiger partial charge in [0.2, 0.25) is 0 Å². The van der Waals surface area contributed by atoms with Crippen LogP contribution < -0.4 is 4.72 Å². The van der Waals surface area contributed by atoms with Gasteiger partial charge in [0.15, 0.2) is 0 Å². The Kier molecular flexibility index (Phi) is 4.84. The summed E-state index contributed by atoms with van der Waals surface area (Å²) in [5.41, 5.74) is 0.223. The van der Waals surface area contributed by atoms with E-state index in [9.17, 15) is 13.2 Å². The third-order valence-electron chi connectivity index (χ3n) is 2.46. The van der Waals surface area contributed by atoms with Gasteiger partial charge in [-0.2, -0.15) is 0 Å². The predicted octanol–water partition coefficient (Wildman–Crippen LogP) is 2.95. The minimum atomic E-state index is -3.87. The number of benzene rings is 1. The van der Waals surface area contributed by atoms with Crippen LogP contribution in [0.15, 0.2) is 46.0 Å². The minimum Gasteiger partial charge on any atom is -0.478 e. The molecule has 9 heteroatoms. The van der Waals surface area contributed by atoms with Crippen molar-refractivity contribution in [3.05, 3.63) is 50.3 Å². The normalized spacial score (nSPS) is 11.1. The molecule has 2 aromatic rings. The van der Waals surface area contributed by atoms with Crippen molar-refractivity contribution in [1.82, 2.24) is 4.98 Å². The summed E-state index contributed by atoms with van der Waals surface area (Å²) in [6.07, 6.45) is 1.35. The van der Waals surface area contributed by atoms with Gasteiger partial charge in [-0.25, -0.2) is 18.2 Å². The third-order valence-corrected chi connectivity index (χ3v) is 5.25. The Morgan fingerprint density at radius 2 is 2.00 bits per heavy atom. The fourth-order valence-corrected chi connectivity index (χ4v) is 3.36. The highest BCUT2D eigenvalue weighted by atomic mass is 127. The van der Waals surface area contributed by atoms with Gasteiger partial charge in [0.1, 0.15) is 4.60 Å². The molecule has 6 nitrogen and oxygen atoms in total. The quantitative estimate of drug-likeness (QED) is 0.516. The molecule has 0 spiro atoms. The van der Waals surface area contributed by atoms with Crippen LogP contribution in [0.2, 0.25) is 0 Å². The molecule has 0 saturated heterocycles. The van der Waals surface area contributed by atoms with E-state index in [1.807, 2.05) is 22.6 Å². The first-order valence-electron chi connectivity index (χ1n) is 5.47. The molecule has 0 aliphatic carbocycles. The lowest BCUT2D eigenvalue weighted by atomic mass is 10.2. The van der Waals surface area contributed by atoms with Gasteiger partial charge < -0.3 is 5.11 Å². The molecule has 110 valence electrons. The van der Waals surface area contributed by atoms with E-state index in [1.54, 1.807) is 12.1 Å². The van der Waals surface area contributed by atoms with Gasteiger partial charge >= 0.3 is 5.97 Å². The van der Waals surface area contributed by atoms with Crippen LogP contribution >= 0.6 is 38.5 Å². The van der Waals surface area contributed by atoms with Gasteiger partial charge in [0.05, 0.1) is 22.3 Å². The Morgan fingerprint density at radius 3 is 2.57 bits per heavy atom. The van der Waals surface area contributed by atoms with E-state index < -0.39 is 16.0 Å². The molecular formula is C12H8BrIN2O4S. The standard InChI is InChI=1S/C12H8BrIN2O4S/c13-11-4-1-7(6-15-11)16-21(19,20)8-2-3-10(14)9(5-8)12(17)18/h1-6,16H,(H,17,18). The summed E-state index contributed by atoms with van der Waals surface area (Å²) in [5.74, 6) is -1.18. The van der Waals surface area contributed by atoms with E-state index in [4.69, 9.17) is 5.11 Å². The maximum Gasteiger partial charge on any atom is 0.336 e. The van der Waals surface area contributed by atoms with E-state index in [0.717, 1.165) is 6.07 Å². The number of rotatable bonds is 4. The zero-order chi connectivity index (χ0) is 15.6. The van der Waals surface area contributed by atoms with Crippen LogP contribution in [-0.4, -0.2) is 24.5 Å². The number of pyridine rings is 1. The number of aromatic carboxylic acids is 1. The monoisotopic (exact) mass is 482 g/mol. The lowest BCUT2D eigenvalue weighted by Gasteiger charge is -2.09. The molecule has 2 rings (SSSR count). The second-order valence-electron chi connectivity index (χ2n) is 3.92. The molecule has 0 unspecified atom stereocenters. The van der Waals surface area contributed by atoms with E-state index in [-0.39, 0.29) is 16.1 Å². The summed E-state index contributed by atoms with van der Waals surface area (Å²) in [6, 6.07) is 7.05. The van der Waals surface area contributed by atoms with Gasteiger partial charge in [-0.3, -0.25) is 4.72 Å². The molecule has 1 aromatic carbocycles. The molecule has 0 aliphatic heterocycles. The van der Waals surface area contributed by atoms with E-state index in [1.165, 1.54) is 18.3 Å². The van der Waals surface area contributed by atoms with Gasteiger partial charge in [-0.05, 0) is 68.9 Å². The number of halogens is 2. The van der Waals surface area contributed by atoms with Gasteiger partial charge in [0.25, 0.3) is 10.0 Å². The van der Waals surface area contributed by atoms with Gasteiger partial charge in [-0.1, -0.05) is 0 Å². The van der Waals surface area contributed by atoms with Crippen molar-refractivity contribution in [3.63, 3.8) is 0 Å². The fourth-order valence-electron chi connectivity index (χ4n) is 1.49. The van der Waals surface area contributed by atoms with Crippen LogP contribution in [-0.2, 0) is 10.0 Å². The summed E-state index contributed by atoms with van der Waals surface area (Å²) in [6.45, 7) is 0. The number of carboxylic acids is 1. The first kappa shape index (κ1) is 16.2. The molecule has 0 saturated carbocycles. The molecule has 1 heterocycles. The second-order valence-corrected chi connectivity index (χ2v) is 7.58. The summed E-state index contributed by atoms with van der Waals surface area (Å²) in [5, 5.41) is 9.04. The van der Waals surface area contributed by atoms with Crippen molar-refractivity contribution in [2.45, 2.75) is 4.90 Å². The highest BCUT2D eigenvalue weighted by molar-refractivity contribution is 14.1. The maximum atomic E-state index is 12.2. The molecule has 0 fully saturated rings. The van der Waals surface area contributed by atoms with Crippen molar-refractivity contribution < 1.29 is 18.3 Å². The minimum absolute atomic E-state index is 0.0626. The number of hydrogen-bond donors (Lipinski definition) is 2. The average molecular weight is 483 g/mol. The fraction of sp³-hybridized carbons (Fsp3) is 0. The number of hydrogen-bond acceptors (Lipinski definition) is 4. The van der Waals surface area contributed by atoms with Crippen LogP contribution in [0.1, 0.15) is 10.4 Å². The van der Waals surface area contributed by atoms with Gasteiger partial charge in [-0.15, -0.1) is 0 Å². The van der Waals surface area contributed by atoms with Gasteiger partial charge in [0, 0.05) is 3.57 Å². The summed E-state index contributed by atoms with van der Waals surface area (Å²) >= 11 is 4.99. The Bertz CT molecular complexity index is 793. The topological polar surface area (TPSA) is 96.4 Å². The highest BCUT2D eigenvalue weighted by Crippen LogP contribution is 2.21. The molecule has 0 radical (unpaired) electrons.